The minimum absolute atomic E-state index is 0.0821. The highest BCUT2D eigenvalue weighted by Crippen LogP contribution is 2.32. The minimum Gasteiger partial charge on any atom is -0.324 e. The Morgan fingerprint density at radius 1 is 1.00 bits per heavy atom. The van der Waals surface area contributed by atoms with Crippen LogP contribution in [0.3, 0.4) is 0 Å². The molecule has 0 saturated heterocycles. The zero-order chi connectivity index (χ0) is 26.0. The normalized spacial score (nSPS) is 11.4. The van der Waals surface area contributed by atoms with E-state index in [2.05, 4.69) is 30.7 Å². The van der Waals surface area contributed by atoms with Crippen molar-refractivity contribution in [2.45, 2.75) is 26.4 Å². The molecule has 4 rings (SSSR count). The fourth-order valence-electron chi connectivity index (χ4n) is 3.52. The van der Waals surface area contributed by atoms with Gasteiger partial charge in [-0.05, 0) is 37.1 Å². The number of hydrogen-bond donors (Lipinski definition) is 2. The first-order valence-corrected chi connectivity index (χ1v) is 10.7. The number of pyridine rings is 1. The molecule has 36 heavy (non-hydrogen) atoms. The summed E-state index contributed by atoms with van der Waals surface area (Å²) in [5.74, 6) is -0.971. The highest BCUT2D eigenvalue weighted by molar-refractivity contribution is 5.92. The van der Waals surface area contributed by atoms with Crippen LogP contribution in [0.15, 0.2) is 49.1 Å². The number of nitrogens with one attached hydrogen (secondary N) is 2. The summed E-state index contributed by atoms with van der Waals surface area (Å²) in [7, 11) is 1.80. The van der Waals surface area contributed by atoms with Crippen molar-refractivity contribution in [2.75, 3.05) is 10.6 Å². The second-order valence-electron chi connectivity index (χ2n) is 8.11. The molecule has 0 atom stereocenters. The molecular weight excluding hydrogens is 478 g/mol. The molecule has 1 amide bonds. The summed E-state index contributed by atoms with van der Waals surface area (Å²) in [5.41, 5.74) is 1.40. The lowest BCUT2D eigenvalue weighted by molar-refractivity contribution is -0.138. The van der Waals surface area contributed by atoms with E-state index in [4.69, 9.17) is 0 Å². The van der Waals surface area contributed by atoms with Crippen molar-refractivity contribution < 1.29 is 22.4 Å². The smallest absolute Gasteiger partial charge is 0.324 e. The van der Waals surface area contributed by atoms with E-state index >= 15 is 0 Å². The predicted molar refractivity (Wildman–Crippen MR) is 125 cm³/mol. The van der Waals surface area contributed by atoms with E-state index in [-0.39, 0.29) is 23.4 Å². The molecule has 0 spiro atoms. The molecule has 0 saturated carbocycles. The molecule has 2 N–H and O–H groups in total. The first-order chi connectivity index (χ1) is 17.0. The van der Waals surface area contributed by atoms with E-state index in [1.807, 2.05) is 6.92 Å². The molecule has 0 fully saturated rings. The average molecular weight is 499 g/mol. The lowest BCUT2D eigenvalue weighted by Crippen LogP contribution is -2.17. The summed E-state index contributed by atoms with van der Waals surface area (Å²) >= 11 is 0. The van der Waals surface area contributed by atoms with Crippen LogP contribution in [0.1, 0.15) is 22.5 Å². The molecule has 12 heteroatoms. The van der Waals surface area contributed by atoms with Crippen molar-refractivity contribution in [3.8, 4) is 11.1 Å². The van der Waals surface area contributed by atoms with Gasteiger partial charge in [-0.25, -0.2) is 14.4 Å². The molecule has 0 aliphatic heterocycles. The highest BCUT2D eigenvalue weighted by atomic mass is 19.4. The summed E-state index contributed by atoms with van der Waals surface area (Å²) in [4.78, 5) is 24.5. The van der Waals surface area contributed by atoms with E-state index in [0.29, 0.717) is 17.1 Å². The lowest BCUT2D eigenvalue weighted by atomic mass is 10.0. The van der Waals surface area contributed by atoms with Crippen LogP contribution >= 0.6 is 0 Å². The van der Waals surface area contributed by atoms with E-state index < -0.39 is 23.5 Å². The van der Waals surface area contributed by atoms with Gasteiger partial charge in [-0.1, -0.05) is 12.1 Å². The Balaban J connectivity index is 1.43. The van der Waals surface area contributed by atoms with Crippen LogP contribution < -0.4 is 10.6 Å². The van der Waals surface area contributed by atoms with Crippen LogP contribution in [0.25, 0.3) is 11.1 Å². The number of halogens is 4. The van der Waals surface area contributed by atoms with Crippen molar-refractivity contribution in [2.24, 2.45) is 7.05 Å². The molecule has 0 radical (unpaired) electrons. The largest absolute Gasteiger partial charge is 0.418 e. The Bertz CT molecular complexity index is 1420. The van der Waals surface area contributed by atoms with Gasteiger partial charge in [-0.2, -0.15) is 18.3 Å². The molecular formula is C24H21F4N7O. The topological polar surface area (TPSA) is 97.6 Å². The number of hydrogen-bond acceptors (Lipinski definition) is 6. The molecule has 0 unspecified atom stereocenters. The van der Waals surface area contributed by atoms with Crippen LogP contribution in [0, 0.1) is 19.7 Å². The SMILES string of the molecule is Cc1nn(C)cc1Nc1ncc(-c2ccc(CC(=O)Nc3cnc(C)c(C(F)(F)F)c3)c(F)c2)cn1. The van der Waals surface area contributed by atoms with Crippen LogP contribution in [0.2, 0.25) is 0 Å². The maximum absolute atomic E-state index is 14.7. The summed E-state index contributed by atoms with van der Waals surface area (Å²) in [6.07, 6.45) is 1.01. The number of amides is 1. The number of alkyl halides is 3. The number of rotatable bonds is 6. The number of nitrogens with zero attached hydrogens (tertiary/aromatic N) is 5. The highest BCUT2D eigenvalue weighted by Gasteiger charge is 2.33. The third kappa shape index (κ3) is 5.65. The number of anilines is 3. The molecule has 4 aromatic rings. The minimum atomic E-state index is -4.60. The van der Waals surface area contributed by atoms with Crippen molar-refractivity contribution in [3.05, 3.63) is 77.4 Å². The fourth-order valence-corrected chi connectivity index (χ4v) is 3.52. The first-order valence-electron chi connectivity index (χ1n) is 10.7. The predicted octanol–water partition coefficient (Wildman–Crippen LogP) is 4.97. The van der Waals surface area contributed by atoms with Crippen LogP contribution in [-0.2, 0) is 24.4 Å². The molecule has 186 valence electrons. The summed E-state index contributed by atoms with van der Waals surface area (Å²) in [5, 5.41) is 9.62. The van der Waals surface area contributed by atoms with E-state index in [1.54, 1.807) is 24.0 Å². The Labute approximate surface area is 203 Å². The lowest BCUT2D eigenvalue weighted by Gasteiger charge is -2.12. The van der Waals surface area contributed by atoms with Gasteiger partial charge in [-0.15, -0.1) is 0 Å². The molecule has 3 heterocycles. The van der Waals surface area contributed by atoms with Gasteiger partial charge in [0.05, 0.1) is 35.2 Å². The standard InChI is InChI=1S/C24H21F4N7O/c1-13-19(24(26,27)28)8-18(11-29-13)32-22(36)7-16-5-4-15(6-20(16)25)17-9-30-23(31-10-17)33-21-12-35(3)34-14(21)2/h4-6,8-12H,7H2,1-3H3,(H,32,36)(H,30,31,33). The van der Waals surface area contributed by atoms with Crippen molar-refractivity contribution in [1.82, 2.24) is 24.7 Å². The summed E-state index contributed by atoms with van der Waals surface area (Å²) < 4.78 is 55.6. The fraction of sp³-hybridized carbons (Fsp3) is 0.208. The second kappa shape index (κ2) is 9.72. The monoisotopic (exact) mass is 499 g/mol. The first kappa shape index (κ1) is 24.8. The molecule has 1 aromatic carbocycles. The van der Waals surface area contributed by atoms with Crippen LogP contribution in [0.4, 0.5) is 34.9 Å². The average Bonchev–Trinajstić information content (AvgIpc) is 3.12. The maximum atomic E-state index is 14.7. The summed E-state index contributed by atoms with van der Waals surface area (Å²) in [6.45, 7) is 3.07. The molecule has 0 aliphatic rings. The van der Waals surface area contributed by atoms with Gasteiger partial charge in [0.25, 0.3) is 0 Å². The Morgan fingerprint density at radius 2 is 1.72 bits per heavy atom. The van der Waals surface area contributed by atoms with Gasteiger partial charge in [-0.3, -0.25) is 14.5 Å². The van der Waals surface area contributed by atoms with E-state index in [1.165, 1.54) is 31.5 Å². The maximum Gasteiger partial charge on any atom is 0.418 e. The third-order valence-corrected chi connectivity index (χ3v) is 5.33. The van der Waals surface area contributed by atoms with Gasteiger partial charge >= 0.3 is 6.18 Å². The van der Waals surface area contributed by atoms with Gasteiger partial charge in [0, 0.05) is 36.9 Å². The molecule has 0 bridgehead atoms. The van der Waals surface area contributed by atoms with E-state index in [0.717, 1.165) is 23.6 Å². The van der Waals surface area contributed by atoms with Gasteiger partial charge in [0.15, 0.2) is 0 Å². The second-order valence-corrected chi connectivity index (χ2v) is 8.11. The van der Waals surface area contributed by atoms with Gasteiger partial charge < -0.3 is 10.6 Å². The Morgan fingerprint density at radius 3 is 2.33 bits per heavy atom. The molecule has 0 aliphatic carbocycles. The number of aromatic nitrogens is 5. The number of aryl methyl sites for hydroxylation is 3. The molecule has 8 nitrogen and oxygen atoms in total. The van der Waals surface area contributed by atoms with Gasteiger partial charge in [0.2, 0.25) is 11.9 Å². The number of benzene rings is 1. The summed E-state index contributed by atoms with van der Waals surface area (Å²) in [6, 6.07) is 5.09. The van der Waals surface area contributed by atoms with Crippen LogP contribution in [-0.4, -0.2) is 30.6 Å². The van der Waals surface area contributed by atoms with Crippen molar-refractivity contribution in [1.29, 1.82) is 0 Å². The number of carbonyl (C=O) groups excluding carboxylic acids is 1. The van der Waals surface area contributed by atoms with E-state index in [9.17, 15) is 22.4 Å². The Kier molecular flexibility index (Phi) is 6.69. The van der Waals surface area contributed by atoms with Crippen LogP contribution in [0.5, 0.6) is 0 Å². The quantitative estimate of drug-likeness (QED) is 0.364. The molecule has 3 aromatic heterocycles. The Hall–Kier alpha value is -4.35. The van der Waals surface area contributed by atoms with Gasteiger partial charge in [0.1, 0.15) is 5.82 Å². The third-order valence-electron chi connectivity index (χ3n) is 5.33. The zero-order valence-corrected chi connectivity index (χ0v) is 19.5. The zero-order valence-electron chi connectivity index (χ0n) is 19.5. The van der Waals surface area contributed by atoms with Crippen molar-refractivity contribution >= 4 is 23.2 Å². The number of carbonyl (C=O) groups is 1. The van der Waals surface area contributed by atoms with Crippen molar-refractivity contribution in [3.63, 3.8) is 0 Å².